The average molecular weight is 296 g/mol. The van der Waals surface area contributed by atoms with E-state index in [-0.39, 0.29) is 6.04 Å². The second kappa shape index (κ2) is 6.29. The van der Waals surface area contributed by atoms with E-state index in [1.807, 2.05) is 36.4 Å². The molecule has 0 aliphatic rings. The third-order valence-electron chi connectivity index (χ3n) is 2.95. The Labute approximate surface area is 123 Å². The zero-order valence-electron chi connectivity index (χ0n) is 10.6. The molecule has 2 aromatic carbocycles. The van der Waals surface area contributed by atoms with Gasteiger partial charge in [0, 0.05) is 16.1 Å². The molecule has 0 fully saturated rings. The lowest BCUT2D eigenvalue weighted by atomic mass is 9.99. The van der Waals surface area contributed by atoms with E-state index in [0.717, 1.165) is 16.9 Å². The quantitative estimate of drug-likeness (QED) is 0.915. The summed E-state index contributed by atoms with van der Waals surface area (Å²) >= 11 is 12.0. The normalized spacial score (nSPS) is 12.2. The highest BCUT2D eigenvalue weighted by Crippen LogP contribution is 2.27. The standard InChI is InChI=1S/C15H15Cl2NO/c1-19-15-5-3-2-4-10(15)8-14(18)11-6-12(16)9-13(17)7-11/h2-7,9,14H,8,18H2,1H3. The van der Waals surface area contributed by atoms with Crippen LogP contribution in [-0.2, 0) is 6.42 Å². The maximum absolute atomic E-state index is 6.22. The lowest BCUT2D eigenvalue weighted by Gasteiger charge is -2.15. The number of halogens is 2. The maximum atomic E-state index is 6.22. The number of hydrogen-bond acceptors (Lipinski definition) is 2. The molecule has 2 rings (SSSR count). The Kier molecular flexibility index (Phi) is 4.70. The fourth-order valence-electron chi connectivity index (χ4n) is 2.02. The molecule has 2 N–H and O–H groups in total. The summed E-state index contributed by atoms with van der Waals surface area (Å²) in [6.07, 6.45) is 0.667. The number of para-hydroxylation sites is 1. The summed E-state index contributed by atoms with van der Waals surface area (Å²) in [7, 11) is 1.65. The molecule has 100 valence electrons. The molecular weight excluding hydrogens is 281 g/mol. The molecule has 0 amide bonds. The smallest absolute Gasteiger partial charge is 0.122 e. The van der Waals surface area contributed by atoms with Gasteiger partial charge in [-0.3, -0.25) is 0 Å². The highest BCUT2D eigenvalue weighted by molar-refractivity contribution is 6.34. The Morgan fingerprint density at radius 1 is 1.11 bits per heavy atom. The van der Waals surface area contributed by atoms with E-state index < -0.39 is 0 Å². The van der Waals surface area contributed by atoms with Gasteiger partial charge < -0.3 is 10.5 Å². The summed E-state index contributed by atoms with van der Waals surface area (Å²) in [4.78, 5) is 0. The monoisotopic (exact) mass is 295 g/mol. The zero-order valence-corrected chi connectivity index (χ0v) is 12.1. The van der Waals surface area contributed by atoms with Crippen molar-refractivity contribution in [1.82, 2.24) is 0 Å². The highest BCUT2D eigenvalue weighted by atomic mass is 35.5. The van der Waals surface area contributed by atoms with Crippen LogP contribution in [0.2, 0.25) is 10.0 Å². The van der Waals surface area contributed by atoms with Crippen molar-refractivity contribution < 1.29 is 4.74 Å². The van der Waals surface area contributed by atoms with Crippen LogP contribution in [0.3, 0.4) is 0 Å². The van der Waals surface area contributed by atoms with Crippen molar-refractivity contribution in [2.45, 2.75) is 12.5 Å². The van der Waals surface area contributed by atoms with Gasteiger partial charge in [-0.15, -0.1) is 0 Å². The molecule has 0 saturated carbocycles. The van der Waals surface area contributed by atoms with Gasteiger partial charge in [-0.1, -0.05) is 41.4 Å². The van der Waals surface area contributed by atoms with E-state index in [0.29, 0.717) is 16.5 Å². The van der Waals surface area contributed by atoms with Crippen molar-refractivity contribution in [3.8, 4) is 5.75 Å². The summed E-state index contributed by atoms with van der Waals surface area (Å²) in [6, 6.07) is 13.0. The van der Waals surface area contributed by atoms with Crippen molar-refractivity contribution in [2.75, 3.05) is 7.11 Å². The SMILES string of the molecule is COc1ccccc1CC(N)c1cc(Cl)cc(Cl)c1. The van der Waals surface area contributed by atoms with Crippen molar-refractivity contribution in [3.05, 3.63) is 63.6 Å². The fraction of sp³-hybridized carbons (Fsp3) is 0.200. The number of hydrogen-bond donors (Lipinski definition) is 1. The van der Waals surface area contributed by atoms with Crippen LogP contribution < -0.4 is 10.5 Å². The predicted molar refractivity (Wildman–Crippen MR) is 80.1 cm³/mol. The fourth-order valence-corrected chi connectivity index (χ4v) is 2.56. The lowest BCUT2D eigenvalue weighted by Crippen LogP contribution is -2.14. The molecule has 0 bridgehead atoms. The van der Waals surface area contributed by atoms with E-state index in [9.17, 15) is 0 Å². The van der Waals surface area contributed by atoms with Gasteiger partial charge >= 0.3 is 0 Å². The molecule has 0 radical (unpaired) electrons. The van der Waals surface area contributed by atoms with Crippen LogP contribution in [0.5, 0.6) is 5.75 Å². The van der Waals surface area contributed by atoms with Crippen LogP contribution in [0, 0.1) is 0 Å². The first-order valence-corrected chi connectivity index (χ1v) is 6.69. The van der Waals surface area contributed by atoms with Crippen LogP contribution in [-0.4, -0.2) is 7.11 Å². The minimum absolute atomic E-state index is 0.174. The molecule has 19 heavy (non-hydrogen) atoms. The van der Waals surface area contributed by atoms with E-state index in [2.05, 4.69) is 0 Å². The Hall–Kier alpha value is -1.22. The summed E-state index contributed by atoms with van der Waals surface area (Å²) < 4.78 is 5.32. The first kappa shape index (κ1) is 14.2. The third-order valence-corrected chi connectivity index (χ3v) is 3.38. The Bertz CT molecular complexity index is 552. The van der Waals surface area contributed by atoms with Gasteiger partial charge in [-0.05, 0) is 41.8 Å². The summed E-state index contributed by atoms with van der Waals surface area (Å²) in [5, 5.41) is 1.19. The Balaban J connectivity index is 2.22. The number of rotatable bonds is 4. The number of ether oxygens (including phenoxy) is 1. The van der Waals surface area contributed by atoms with Gasteiger partial charge in [0.2, 0.25) is 0 Å². The minimum Gasteiger partial charge on any atom is -0.496 e. The van der Waals surface area contributed by atoms with Crippen molar-refractivity contribution in [1.29, 1.82) is 0 Å². The number of methoxy groups -OCH3 is 1. The van der Waals surface area contributed by atoms with Gasteiger partial charge in [0.1, 0.15) is 5.75 Å². The molecule has 4 heteroatoms. The van der Waals surface area contributed by atoms with E-state index in [4.69, 9.17) is 33.7 Å². The summed E-state index contributed by atoms with van der Waals surface area (Å²) in [5.74, 6) is 0.839. The molecule has 0 aliphatic heterocycles. The van der Waals surface area contributed by atoms with Crippen molar-refractivity contribution in [2.24, 2.45) is 5.73 Å². The van der Waals surface area contributed by atoms with Crippen LogP contribution in [0.4, 0.5) is 0 Å². The lowest BCUT2D eigenvalue weighted by molar-refractivity contribution is 0.408. The van der Waals surface area contributed by atoms with Gasteiger partial charge in [-0.25, -0.2) is 0 Å². The van der Waals surface area contributed by atoms with Gasteiger partial charge in [0.05, 0.1) is 7.11 Å². The van der Waals surface area contributed by atoms with Gasteiger partial charge in [0.25, 0.3) is 0 Å². The minimum atomic E-state index is -0.174. The molecule has 1 unspecified atom stereocenters. The molecule has 1 atom stereocenters. The molecule has 0 saturated heterocycles. The van der Waals surface area contributed by atoms with Crippen LogP contribution in [0.25, 0.3) is 0 Å². The van der Waals surface area contributed by atoms with Crippen LogP contribution in [0.1, 0.15) is 17.2 Å². The van der Waals surface area contributed by atoms with Crippen LogP contribution in [0.15, 0.2) is 42.5 Å². The molecule has 0 spiro atoms. The maximum Gasteiger partial charge on any atom is 0.122 e. The second-order valence-electron chi connectivity index (χ2n) is 4.33. The van der Waals surface area contributed by atoms with E-state index in [1.165, 1.54) is 0 Å². The van der Waals surface area contributed by atoms with Gasteiger partial charge in [0.15, 0.2) is 0 Å². The topological polar surface area (TPSA) is 35.2 Å². The van der Waals surface area contributed by atoms with Crippen molar-refractivity contribution in [3.63, 3.8) is 0 Å². The summed E-state index contributed by atoms with van der Waals surface area (Å²) in [5.41, 5.74) is 8.20. The zero-order chi connectivity index (χ0) is 13.8. The molecule has 0 aromatic heterocycles. The number of benzene rings is 2. The largest absolute Gasteiger partial charge is 0.496 e. The third kappa shape index (κ3) is 3.63. The first-order valence-electron chi connectivity index (χ1n) is 5.93. The van der Waals surface area contributed by atoms with E-state index in [1.54, 1.807) is 13.2 Å². The van der Waals surface area contributed by atoms with Crippen LogP contribution >= 0.6 is 23.2 Å². The molecule has 2 aromatic rings. The highest BCUT2D eigenvalue weighted by Gasteiger charge is 2.11. The molecule has 0 heterocycles. The second-order valence-corrected chi connectivity index (χ2v) is 5.20. The Morgan fingerprint density at radius 3 is 2.37 bits per heavy atom. The number of nitrogens with two attached hydrogens (primary N) is 1. The molecular formula is C15H15Cl2NO. The predicted octanol–water partition coefficient (Wildman–Crippen LogP) is 4.24. The van der Waals surface area contributed by atoms with Crippen molar-refractivity contribution >= 4 is 23.2 Å². The molecule has 0 aliphatic carbocycles. The average Bonchev–Trinajstić information content (AvgIpc) is 2.38. The van der Waals surface area contributed by atoms with Gasteiger partial charge in [-0.2, -0.15) is 0 Å². The first-order chi connectivity index (χ1) is 9.10. The summed E-state index contributed by atoms with van der Waals surface area (Å²) in [6.45, 7) is 0. The molecule has 2 nitrogen and oxygen atoms in total. The Morgan fingerprint density at radius 2 is 1.74 bits per heavy atom. The van der Waals surface area contributed by atoms with E-state index >= 15 is 0 Å².